The van der Waals surface area contributed by atoms with Gasteiger partial charge in [-0.05, 0) is 25.7 Å². The van der Waals surface area contributed by atoms with Crippen LogP contribution in [0.3, 0.4) is 0 Å². The molecule has 1 fully saturated rings. The second kappa shape index (κ2) is 9.04. The molecular formula is C14H24N4O2S. The number of hydrogen-bond acceptors (Lipinski definition) is 7. The van der Waals surface area contributed by atoms with E-state index in [9.17, 15) is 0 Å². The summed E-state index contributed by atoms with van der Waals surface area (Å²) in [4.78, 5) is 13.2. The van der Waals surface area contributed by atoms with Gasteiger partial charge in [0.05, 0.1) is 6.61 Å². The second-order valence-electron chi connectivity index (χ2n) is 4.93. The smallest absolute Gasteiger partial charge is 0.322 e. The van der Waals surface area contributed by atoms with E-state index in [-0.39, 0.29) is 0 Å². The number of nitrogens with zero attached hydrogens (tertiary/aromatic N) is 3. The van der Waals surface area contributed by atoms with Crippen molar-refractivity contribution in [1.82, 2.24) is 15.0 Å². The van der Waals surface area contributed by atoms with Crippen LogP contribution in [0.5, 0.6) is 6.01 Å². The van der Waals surface area contributed by atoms with E-state index in [0.717, 1.165) is 50.6 Å². The normalized spacial score (nSPS) is 15.9. The first-order chi connectivity index (χ1) is 10.3. The van der Waals surface area contributed by atoms with Gasteiger partial charge in [0.2, 0.25) is 5.95 Å². The SMILES string of the molecule is CCCNc1nc(OCCC)nc(SC2CCOCC2)n1. The zero-order chi connectivity index (χ0) is 14.9. The summed E-state index contributed by atoms with van der Waals surface area (Å²) >= 11 is 1.70. The van der Waals surface area contributed by atoms with Crippen LogP contribution < -0.4 is 10.1 Å². The molecule has 1 aliphatic rings. The Hall–Kier alpha value is -1.08. The zero-order valence-electron chi connectivity index (χ0n) is 12.8. The summed E-state index contributed by atoms with van der Waals surface area (Å²) in [6.07, 6.45) is 4.05. The van der Waals surface area contributed by atoms with Crippen molar-refractivity contribution in [1.29, 1.82) is 0 Å². The molecule has 1 saturated heterocycles. The number of aromatic nitrogens is 3. The van der Waals surface area contributed by atoms with E-state index in [1.54, 1.807) is 11.8 Å². The van der Waals surface area contributed by atoms with Crippen molar-refractivity contribution in [2.24, 2.45) is 0 Å². The third-order valence-electron chi connectivity index (χ3n) is 3.00. The summed E-state index contributed by atoms with van der Waals surface area (Å²) in [5.74, 6) is 0.604. The Kier molecular flexibility index (Phi) is 7.02. The number of anilines is 1. The van der Waals surface area contributed by atoms with Crippen LogP contribution in [0.15, 0.2) is 5.16 Å². The van der Waals surface area contributed by atoms with Gasteiger partial charge in [-0.25, -0.2) is 0 Å². The molecule has 0 bridgehead atoms. The predicted octanol–water partition coefficient (Wildman–Crippen LogP) is 2.75. The van der Waals surface area contributed by atoms with Crippen LogP contribution in [0.2, 0.25) is 0 Å². The highest BCUT2D eigenvalue weighted by Crippen LogP contribution is 2.28. The van der Waals surface area contributed by atoms with Gasteiger partial charge in [0, 0.05) is 25.0 Å². The lowest BCUT2D eigenvalue weighted by Gasteiger charge is -2.20. The maximum atomic E-state index is 5.57. The first kappa shape index (κ1) is 16.3. The minimum Gasteiger partial charge on any atom is -0.463 e. The molecule has 6 nitrogen and oxygen atoms in total. The van der Waals surface area contributed by atoms with Crippen molar-refractivity contribution >= 4 is 17.7 Å². The number of ether oxygens (including phenoxy) is 2. The molecular weight excluding hydrogens is 288 g/mol. The summed E-state index contributed by atoms with van der Waals surface area (Å²) in [6.45, 7) is 7.29. The number of hydrogen-bond donors (Lipinski definition) is 1. The number of thioether (sulfide) groups is 1. The first-order valence-corrected chi connectivity index (χ1v) is 8.57. The molecule has 0 amide bonds. The summed E-state index contributed by atoms with van der Waals surface area (Å²) < 4.78 is 11.0. The number of rotatable bonds is 8. The molecule has 0 atom stereocenters. The lowest BCUT2D eigenvalue weighted by Crippen LogP contribution is -2.18. The van der Waals surface area contributed by atoms with Crippen LogP contribution in [0.25, 0.3) is 0 Å². The molecule has 2 rings (SSSR count). The molecule has 7 heteroatoms. The van der Waals surface area contributed by atoms with Crippen LogP contribution >= 0.6 is 11.8 Å². The summed E-state index contributed by atoms with van der Waals surface area (Å²) in [6, 6.07) is 0.417. The lowest BCUT2D eigenvalue weighted by atomic mass is 10.2. The molecule has 0 radical (unpaired) electrons. The summed E-state index contributed by atoms with van der Waals surface area (Å²) in [5.41, 5.74) is 0. The Morgan fingerprint density at radius 1 is 1.19 bits per heavy atom. The summed E-state index contributed by atoms with van der Waals surface area (Å²) in [7, 11) is 0. The van der Waals surface area contributed by atoms with E-state index in [0.29, 0.717) is 23.8 Å². The lowest BCUT2D eigenvalue weighted by molar-refractivity contribution is 0.1000. The molecule has 1 aromatic rings. The van der Waals surface area contributed by atoms with Crippen LogP contribution in [0, 0.1) is 0 Å². The highest BCUT2D eigenvalue weighted by molar-refractivity contribution is 7.99. The average Bonchev–Trinajstić information content (AvgIpc) is 2.52. The molecule has 21 heavy (non-hydrogen) atoms. The second-order valence-corrected chi connectivity index (χ2v) is 6.20. The van der Waals surface area contributed by atoms with Gasteiger partial charge in [0.25, 0.3) is 0 Å². The first-order valence-electron chi connectivity index (χ1n) is 7.69. The molecule has 0 unspecified atom stereocenters. The van der Waals surface area contributed by atoms with Crippen LogP contribution in [0.4, 0.5) is 5.95 Å². The Morgan fingerprint density at radius 3 is 2.71 bits per heavy atom. The Balaban J connectivity index is 2.05. The van der Waals surface area contributed by atoms with E-state index in [4.69, 9.17) is 9.47 Å². The molecule has 1 aromatic heterocycles. The van der Waals surface area contributed by atoms with Gasteiger partial charge < -0.3 is 14.8 Å². The maximum Gasteiger partial charge on any atom is 0.322 e. The van der Waals surface area contributed by atoms with E-state index >= 15 is 0 Å². The van der Waals surface area contributed by atoms with E-state index in [1.807, 2.05) is 0 Å². The maximum absolute atomic E-state index is 5.57. The predicted molar refractivity (Wildman–Crippen MR) is 84.1 cm³/mol. The van der Waals surface area contributed by atoms with E-state index < -0.39 is 0 Å². The quantitative estimate of drug-likeness (QED) is 0.791. The Bertz CT molecular complexity index is 401. The Morgan fingerprint density at radius 2 is 2.00 bits per heavy atom. The van der Waals surface area contributed by atoms with Crippen molar-refractivity contribution < 1.29 is 9.47 Å². The molecule has 1 aliphatic heterocycles. The van der Waals surface area contributed by atoms with Crippen molar-refractivity contribution in [3.63, 3.8) is 0 Å². The Labute approximate surface area is 130 Å². The van der Waals surface area contributed by atoms with Crippen LogP contribution in [-0.4, -0.2) is 46.6 Å². The van der Waals surface area contributed by atoms with Crippen molar-refractivity contribution in [2.75, 3.05) is 31.7 Å². The average molecular weight is 312 g/mol. The summed E-state index contributed by atoms with van der Waals surface area (Å²) in [5, 5.41) is 4.46. The molecule has 0 aromatic carbocycles. The van der Waals surface area contributed by atoms with Crippen molar-refractivity contribution in [2.45, 2.75) is 49.9 Å². The van der Waals surface area contributed by atoms with Gasteiger partial charge in [-0.15, -0.1) is 0 Å². The highest BCUT2D eigenvalue weighted by atomic mass is 32.2. The van der Waals surface area contributed by atoms with E-state index in [1.165, 1.54) is 0 Å². The monoisotopic (exact) mass is 312 g/mol. The van der Waals surface area contributed by atoms with Crippen molar-refractivity contribution in [3.8, 4) is 6.01 Å². The molecule has 2 heterocycles. The van der Waals surface area contributed by atoms with E-state index in [2.05, 4.69) is 34.1 Å². The largest absolute Gasteiger partial charge is 0.463 e. The zero-order valence-corrected chi connectivity index (χ0v) is 13.6. The van der Waals surface area contributed by atoms with Gasteiger partial charge in [0.1, 0.15) is 0 Å². The van der Waals surface area contributed by atoms with Gasteiger partial charge in [-0.1, -0.05) is 25.6 Å². The molecule has 1 N–H and O–H groups in total. The third kappa shape index (κ3) is 5.67. The standard InChI is InChI=1S/C14H24N4O2S/c1-3-7-15-12-16-13(20-8-4-2)18-14(17-12)21-11-5-9-19-10-6-11/h11H,3-10H2,1-2H3,(H,15,16,17,18). The van der Waals surface area contributed by atoms with Crippen molar-refractivity contribution in [3.05, 3.63) is 0 Å². The number of nitrogens with one attached hydrogen (secondary N) is 1. The fourth-order valence-electron chi connectivity index (χ4n) is 1.91. The molecule has 0 aliphatic carbocycles. The molecule has 0 spiro atoms. The van der Waals surface area contributed by atoms with Gasteiger partial charge >= 0.3 is 6.01 Å². The molecule has 118 valence electrons. The van der Waals surface area contributed by atoms with Gasteiger partial charge in [-0.2, -0.15) is 15.0 Å². The van der Waals surface area contributed by atoms with Gasteiger partial charge in [0.15, 0.2) is 5.16 Å². The van der Waals surface area contributed by atoms with Crippen LogP contribution in [0.1, 0.15) is 39.5 Å². The third-order valence-corrected chi connectivity index (χ3v) is 4.20. The fraction of sp³-hybridized carbons (Fsp3) is 0.786. The topological polar surface area (TPSA) is 69.2 Å². The molecule has 0 saturated carbocycles. The van der Waals surface area contributed by atoms with Crippen LogP contribution in [-0.2, 0) is 4.74 Å². The fourth-order valence-corrected chi connectivity index (χ4v) is 2.90. The highest BCUT2D eigenvalue weighted by Gasteiger charge is 2.18. The minimum atomic E-state index is 0.417. The minimum absolute atomic E-state index is 0.417. The van der Waals surface area contributed by atoms with Gasteiger partial charge in [-0.3, -0.25) is 0 Å².